The van der Waals surface area contributed by atoms with Crippen LogP contribution in [0, 0.1) is 3.57 Å². The van der Waals surface area contributed by atoms with Crippen LogP contribution in [0.4, 0.5) is 23.7 Å². The highest BCUT2D eigenvalue weighted by molar-refractivity contribution is 14.1. The highest BCUT2D eigenvalue weighted by Gasteiger charge is 2.37. The average molecular weight is 749 g/mol. The van der Waals surface area contributed by atoms with E-state index in [0.29, 0.717) is 39.0 Å². The number of nitrogens with zero attached hydrogens (tertiary/aromatic N) is 1. The number of carbonyl (C=O) groups excluding carboxylic acids is 3. The molecule has 1 aliphatic heterocycles. The number of halogens is 4. The summed E-state index contributed by atoms with van der Waals surface area (Å²) in [6.45, 7) is -0.413. The van der Waals surface area contributed by atoms with Crippen molar-refractivity contribution in [3.63, 3.8) is 0 Å². The van der Waals surface area contributed by atoms with Crippen molar-refractivity contribution in [3.05, 3.63) is 98.0 Å². The average Bonchev–Trinajstić information content (AvgIpc) is 3.26. The number of imide groups is 1. The summed E-state index contributed by atoms with van der Waals surface area (Å²) >= 11 is 2.74. The van der Waals surface area contributed by atoms with Crippen molar-refractivity contribution in [2.75, 3.05) is 26.1 Å². The SMILES string of the molecule is COc1ccc(C(F)(F)F)cc1NC(=O)CN1C(=O)S/C(=C\c2cc(I)c(OCc3cccc4ccccc34)c(OC)c2)C1=O. The molecule has 1 saturated heterocycles. The summed E-state index contributed by atoms with van der Waals surface area (Å²) in [5.74, 6) is -0.681. The first-order chi connectivity index (χ1) is 21.5. The van der Waals surface area contributed by atoms with E-state index in [-0.39, 0.29) is 16.3 Å². The number of amides is 3. The van der Waals surface area contributed by atoms with Gasteiger partial charge in [-0.2, -0.15) is 13.2 Å². The molecule has 232 valence electrons. The van der Waals surface area contributed by atoms with Crippen LogP contribution in [-0.2, 0) is 22.4 Å². The largest absolute Gasteiger partial charge is 0.495 e. The fourth-order valence-electron chi connectivity index (χ4n) is 4.63. The fourth-order valence-corrected chi connectivity index (χ4v) is 6.25. The van der Waals surface area contributed by atoms with Crippen LogP contribution in [0.1, 0.15) is 16.7 Å². The molecule has 45 heavy (non-hydrogen) atoms. The summed E-state index contributed by atoms with van der Waals surface area (Å²) in [6.07, 6.45) is -3.15. The number of anilines is 1. The lowest BCUT2D eigenvalue weighted by Gasteiger charge is -2.16. The molecule has 8 nitrogen and oxygen atoms in total. The molecule has 5 rings (SSSR count). The third-order valence-electron chi connectivity index (χ3n) is 6.78. The zero-order valence-corrected chi connectivity index (χ0v) is 26.7. The molecule has 0 spiro atoms. The highest BCUT2D eigenvalue weighted by atomic mass is 127. The van der Waals surface area contributed by atoms with Gasteiger partial charge in [0.2, 0.25) is 5.91 Å². The van der Waals surface area contributed by atoms with Crippen molar-refractivity contribution in [2.45, 2.75) is 12.8 Å². The van der Waals surface area contributed by atoms with E-state index in [4.69, 9.17) is 14.2 Å². The van der Waals surface area contributed by atoms with E-state index in [1.807, 2.05) is 42.5 Å². The summed E-state index contributed by atoms with van der Waals surface area (Å²) in [5.41, 5.74) is 0.309. The normalized spacial score (nSPS) is 14.3. The molecule has 4 aromatic rings. The van der Waals surface area contributed by atoms with Crippen molar-refractivity contribution in [1.29, 1.82) is 0 Å². The molecule has 1 fully saturated rings. The van der Waals surface area contributed by atoms with Gasteiger partial charge in [0.1, 0.15) is 18.9 Å². The fraction of sp³-hybridized carbons (Fsp3) is 0.156. The number of thioether (sulfide) groups is 1. The molecule has 1 N–H and O–H groups in total. The molecular formula is C32H24F3IN2O6S. The zero-order chi connectivity index (χ0) is 32.3. The third-order valence-corrected chi connectivity index (χ3v) is 8.49. The molecule has 0 atom stereocenters. The van der Waals surface area contributed by atoms with Gasteiger partial charge < -0.3 is 19.5 Å². The van der Waals surface area contributed by atoms with E-state index in [1.54, 1.807) is 12.1 Å². The Hall–Kier alpha value is -4.24. The van der Waals surface area contributed by atoms with Crippen LogP contribution in [0.25, 0.3) is 16.8 Å². The zero-order valence-electron chi connectivity index (χ0n) is 23.7. The number of alkyl halides is 3. The van der Waals surface area contributed by atoms with Gasteiger partial charge in [0, 0.05) is 0 Å². The minimum Gasteiger partial charge on any atom is -0.495 e. The molecule has 13 heteroatoms. The number of methoxy groups -OCH3 is 2. The molecule has 0 aromatic heterocycles. The van der Waals surface area contributed by atoms with Crippen LogP contribution in [0.15, 0.2) is 77.7 Å². The van der Waals surface area contributed by atoms with Crippen molar-refractivity contribution >= 4 is 73.9 Å². The lowest BCUT2D eigenvalue weighted by molar-refractivity contribution is -0.137. The lowest BCUT2D eigenvalue weighted by Crippen LogP contribution is -2.36. The summed E-state index contributed by atoms with van der Waals surface area (Å²) in [7, 11) is 2.73. The minimum absolute atomic E-state index is 0.0153. The number of fused-ring (bicyclic) bond motifs is 1. The van der Waals surface area contributed by atoms with E-state index < -0.39 is 35.3 Å². The minimum atomic E-state index is -4.65. The summed E-state index contributed by atoms with van der Waals surface area (Å²) in [4.78, 5) is 39.2. The Morgan fingerprint density at radius 1 is 0.978 bits per heavy atom. The molecule has 0 saturated carbocycles. The van der Waals surface area contributed by atoms with E-state index in [1.165, 1.54) is 20.3 Å². The van der Waals surface area contributed by atoms with Crippen molar-refractivity contribution < 1.29 is 41.8 Å². The Labute approximate surface area is 273 Å². The van der Waals surface area contributed by atoms with Gasteiger partial charge in [-0.15, -0.1) is 0 Å². The second kappa shape index (κ2) is 13.4. The Morgan fingerprint density at radius 3 is 2.44 bits per heavy atom. The smallest absolute Gasteiger partial charge is 0.416 e. The van der Waals surface area contributed by atoms with Crippen LogP contribution < -0.4 is 19.5 Å². The number of benzene rings is 4. The van der Waals surface area contributed by atoms with Gasteiger partial charge in [0.25, 0.3) is 11.1 Å². The summed E-state index contributed by atoms with van der Waals surface area (Å²) in [6, 6.07) is 20.0. The van der Waals surface area contributed by atoms with Crippen LogP contribution in [0.3, 0.4) is 0 Å². The second-order valence-corrected chi connectivity index (χ2v) is 11.8. The maximum atomic E-state index is 13.2. The van der Waals surface area contributed by atoms with E-state index in [9.17, 15) is 27.6 Å². The quantitative estimate of drug-likeness (QED) is 0.138. The summed E-state index contributed by atoms with van der Waals surface area (Å²) < 4.78 is 57.0. The Balaban J connectivity index is 1.30. The van der Waals surface area contributed by atoms with Gasteiger partial charge in [0.15, 0.2) is 11.5 Å². The molecule has 4 aromatic carbocycles. The van der Waals surface area contributed by atoms with E-state index in [2.05, 4.69) is 27.9 Å². The highest BCUT2D eigenvalue weighted by Crippen LogP contribution is 2.39. The summed E-state index contributed by atoms with van der Waals surface area (Å²) in [5, 5.41) is 3.77. The van der Waals surface area contributed by atoms with Crippen molar-refractivity contribution in [3.8, 4) is 17.2 Å². The number of nitrogens with one attached hydrogen (secondary N) is 1. The Kier molecular flexibility index (Phi) is 9.58. The molecular weight excluding hydrogens is 724 g/mol. The predicted octanol–water partition coefficient (Wildman–Crippen LogP) is 7.73. The first-order valence-corrected chi connectivity index (χ1v) is 15.2. The number of carbonyl (C=O) groups is 3. The first kappa shape index (κ1) is 32.2. The Bertz CT molecular complexity index is 1840. The van der Waals surface area contributed by atoms with Gasteiger partial charge in [-0.3, -0.25) is 19.3 Å². The maximum Gasteiger partial charge on any atom is 0.416 e. The van der Waals surface area contributed by atoms with E-state index >= 15 is 0 Å². The Morgan fingerprint density at radius 2 is 1.71 bits per heavy atom. The standard InChI is InChI=1S/C32H24F3IN2O6S/c1-42-25-11-10-21(32(33,34)35)15-24(25)37-28(39)16-38-30(40)27(45-31(38)41)14-18-12-23(36)29(26(13-18)43-2)44-17-20-8-5-7-19-6-3-4-9-22(19)20/h3-15H,16-17H2,1-2H3,(H,37,39)/b27-14-. The monoisotopic (exact) mass is 748 g/mol. The number of ether oxygens (including phenoxy) is 3. The lowest BCUT2D eigenvalue weighted by atomic mass is 10.1. The van der Waals surface area contributed by atoms with Gasteiger partial charge in [-0.25, -0.2) is 0 Å². The molecule has 0 unspecified atom stereocenters. The molecule has 1 heterocycles. The van der Waals surface area contributed by atoms with Crippen molar-refractivity contribution in [1.82, 2.24) is 4.90 Å². The van der Waals surface area contributed by atoms with Gasteiger partial charge >= 0.3 is 6.18 Å². The number of hydrogen-bond acceptors (Lipinski definition) is 7. The topological polar surface area (TPSA) is 94.2 Å². The van der Waals surface area contributed by atoms with Crippen LogP contribution in [-0.4, -0.2) is 42.7 Å². The van der Waals surface area contributed by atoms with Crippen LogP contribution in [0.5, 0.6) is 17.2 Å². The maximum absolute atomic E-state index is 13.2. The molecule has 0 bridgehead atoms. The molecule has 3 amide bonds. The van der Waals surface area contributed by atoms with Crippen molar-refractivity contribution in [2.24, 2.45) is 0 Å². The van der Waals surface area contributed by atoms with Gasteiger partial charge in [-0.1, -0.05) is 42.5 Å². The van der Waals surface area contributed by atoms with Crippen LogP contribution >= 0.6 is 34.4 Å². The number of hydrogen-bond donors (Lipinski definition) is 1. The number of rotatable bonds is 9. The van der Waals surface area contributed by atoms with Gasteiger partial charge in [-0.05, 0) is 92.7 Å². The molecule has 1 aliphatic rings. The second-order valence-electron chi connectivity index (χ2n) is 9.69. The third kappa shape index (κ3) is 7.20. The van der Waals surface area contributed by atoms with Gasteiger partial charge in [0.05, 0.1) is 33.9 Å². The first-order valence-electron chi connectivity index (χ1n) is 13.3. The molecule has 0 aliphatic carbocycles. The van der Waals surface area contributed by atoms with Crippen LogP contribution in [0.2, 0.25) is 0 Å². The van der Waals surface area contributed by atoms with E-state index in [0.717, 1.165) is 39.4 Å². The predicted molar refractivity (Wildman–Crippen MR) is 173 cm³/mol. The molecule has 0 radical (unpaired) electrons.